The maximum absolute atomic E-state index is 10.8. The number of ether oxygens (including phenoxy) is 1. The van der Waals surface area contributed by atoms with Crippen LogP contribution in [0.4, 0.5) is 5.82 Å². The molecule has 1 aliphatic rings. The monoisotopic (exact) mass is 236 g/mol. The molecular formula is C12H16N2O3. The summed E-state index contributed by atoms with van der Waals surface area (Å²) < 4.78 is 5.38. The highest BCUT2D eigenvalue weighted by Crippen LogP contribution is 2.14. The summed E-state index contributed by atoms with van der Waals surface area (Å²) >= 11 is 0. The number of aromatic carboxylic acids is 1. The lowest BCUT2D eigenvalue weighted by Crippen LogP contribution is -2.24. The van der Waals surface area contributed by atoms with E-state index in [-0.39, 0.29) is 5.56 Å². The summed E-state index contributed by atoms with van der Waals surface area (Å²) in [5, 5.41) is 12.0. The first kappa shape index (κ1) is 11.9. The van der Waals surface area contributed by atoms with E-state index in [4.69, 9.17) is 9.84 Å². The molecule has 0 aromatic carbocycles. The molecule has 1 atom stereocenters. The molecule has 1 fully saturated rings. The fourth-order valence-electron chi connectivity index (χ4n) is 1.88. The Morgan fingerprint density at radius 3 is 3.24 bits per heavy atom. The topological polar surface area (TPSA) is 71.5 Å². The van der Waals surface area contributed by atoms with Crippen LogP contribution in [0.3, 0.4) is 0 Å². The van der Waals surface area contributed by atoms with Gasteiger partial charge in [-0.15, -0.1) is 0 Å². The number of pyridine rings is 1. The van der Waals surface area contributed by atoms with Crippen molar-refractivity contribution in [3.05, 3.63) is 23.9 Å². The zero-order valence-electron chi connectivity index (χ0n) is 9.56. The Morgan fingerprint density at radius 2 is 2.53 bits per heavy atom. The van der Waals surface area contributed by atoms with Crippen molar-refractivity contribution in [2.24, 2.45) is 5.92 Å². The van der Waals surface area contributed by atoms with Crippen LogP contribution in [0.1, 0.15) is 23.2 Å². The third-order valence-electron chi connectivity index (χ3n) is 2.83. The molecule has 1 aliphatic heterocycles. The van der Waals surface area contributed by atoms with Crippen LogP contribution in [-0.2, 0) is 4.74 Å². The number of hydrogen-bond acceptors (Lipinski definition) is 4. The van der Waals surface area contributed by atoms with Gasteiger partial charge in [-0.05, 0) is 30.9 Å². The van der Waals surface area contributed by atoms with Crippen LogP contribution in [0.2, 0.25) is 0 Å². The second kappa shape index (κ2) is 5.63. The van der Waals surface area contributed by atoms with Gasteiger partial charge >= 0.3 is 5.97 Å². The molecule has 0 amide bonds. The number of nitrogens with zero attached hydrogens (tertiary/aromatic N) is 1. The number of nitrogens with one attached hydrogen (secondary N) is 1. The zero-order valence-corrected chi connectivity index (χ0v) is 9.56. The van der Waals surface area contributed by atoms with E-state index in [1.165, 1.54) is 12.3 Å². The van der Waals surface area contributed by atoms with E-state index in [9.17, 15) is 4.79 Å². The Hall–Kier alpha value is -1.62. The summed E-state index contributed by atoms with van der Waals surface area (Å²) in [6.45, 7) is 2.39. The van der Waals surface area contributed by atoms with Gasteiger partial charge in [0.1, 0.15) is 5.82 Å². The predicted octanol–water partition coefficient (Wildman–Crippen LogP) is 1.62. The molecule has 2 N–H and O–H groups in total. The molecule has 1 aromatic rings. The van der Waals surface area contributed by atoms with Gasteiger partial charge in [-0.1, -0.05) is 0 Å². The molecule has 17 heavy (non-hydrogen) atoms. The highest BCUT2D eigenvalue weighted by molar-refractivity contribution is 5.88. The summed E-state index contributed by atoms with van der Waals surface area (Å²) in [7, 11) is 0. The van der Waals surface area contributed by atoms with Crippen molar-refractivity contribution in [2.45, 2.75) is 12.8 Å². The largest absolute Gasteiger partial charge is 0.478 e. The molecule has 0 aliphatic carbocycles. The van der Waals surface area contributed by atoms with Gasteiger partial charge in [-0.3, -0.25) is 0 Å². The lowest BCUT2D eigenvalue weighted by molar-refractivity contribution is 0.0594. The van der Waals surface area contributed by atoms with Gasteiger partial charge in [0.2, 0.25) is 0 Å². The Labute approximate surface area is 99.8 Å². The fraction of sp³-hybridized carbons (Fsp3) is 0.500. The van der Waals surface area contributed by atoms with Crippen LogP contribution in [0.25, 0.3) is 0 Å². The minimum Gasteiger partial charge on any atom is -0.478 e. The van der Waals surface area contributed by atoms with Crippen molar-refractivity contribution in [2.75, 3.05) is 25.1 Å². The number of carbonyl (C=O) groups is 1. The summed E-state index contributed by atoms with van der Waals surface area (Å²) in [5.41, 5.74) is 0.252. The lowest BCUT2D eigenvalue weighted by Gasteiger charge is -2.22. The summed E-state index contributed by atoms with van der Waals surface area (Å²) in [6, 6.07) is 3.03. The van der Waals surface area contributed by atoms with Gasteiger partial charge in [0.05, 0.1) is 12.2 Å². The third-order valence-corrected chi connectivity index (χ3v) is 2.83. The maximum Gasteiger partial charge on any atom is 0.335 e. The van der Waals surface area contributed by atoms with E-state index in [0.29, 0.717) is 11.7 Å². The number of carboxylic acid groups (broad SMARTS) is 1. The number of aromatic nitrogens is 1. The maximum atomic E-state index is 10.8. The number of hydrogen-bond donors (Lipinski definition) is 2. The van der Waals surface area contributed by atoms with E-state index in [1.54, 1.807) is 6.07 Å². The first-order valence-electron chi connectivity index (χ1n) is 5.76. The SMILES string of the molecule is O=C(O)c1ccnc(NCC2CCCOC2)c1. The first-order chi connectivity index (χ1) is 8.25. The minimum absolute atomic E-state index is 0.252. The van der Waals surface area contributed by atoms with Crippen molar-refractivity contribution < 1.29 is 14.6 Å². The third kappa shape index (κ3) is 3.42. The van der Waals surface area contributed by atoms with Crippen LogP contribution < -0.4 is 5.32 Å². The van der Waals surface area contributed by atoms with E-state index >= 15 is 0 Å². The lowest BCUT2D eigenvalue weighted by atomic mass is 10.0. The van der Waals surface area contributed by atoms with Crippen molar-refractivity contribution in [1.82, 2.24) is 4.98 Å². The van der Waals surface area contributed by atoms with Gasteiger partial charge in [0.25, 0.3) is 0 Å². The highest BCUT2D eigenvalue weighted by Gasteiger charge is 2.13. The molecule has 1 aromatic heterocycles. The molecule has 2 heterocycles. The van der Waals surface area contributed by atoms with Gasteiger partial charge in [-0.2, -0.15) is 0 Å². The van der Waals surface area contributed by atoms with Crippen molar-refractivity contribution in [1.29, 1.82) is 0 Å². The van der Waals surface area contributed by atoms with Gasteiger partial charge in [-0.25, -0.2) is 9.78 Å². The second-order valence-corrected chi connectivity index (χ2v) is 4.20. The molecule has 0 spiro atoms. The van der Waals surface area contributed by atoms with E-state index in [2.05, 4.69) is 10.3 Å². The van der Waals surface area contributed by atoms with Crippen LogP contribution in [0, 0.1) is 5.92 Å². The van der Waals surface area contributed by atoms with Crippen LogP contribution in [0.5, 0.6) is 0 Å². The average molecular weight is 236 g/mol. The van der Waals surface area contributed by atoms with E-state index < -0.39 is 5.97 Å². The summed E-state index contributed by atoms with van der Waals surface area (Å²) in [6.07, 6.45) is 3.74. The number of rotatable bonds is 4. The Balaban J connectivity index is 1.89. The van der Waals surface area contributed by atoms with Crippen molar-refractivity contribution >= 4 is 11.8 Å². The molecule has 0 saturated carbocycles. The molecule has 5 heteroatoms. The molecular weight excluding hydrogens is 220 g/mol. The van der Waals surface area contributed by atoms with Crippen LogP contribution in [-0.4, -0.2) is 35.8 Å². The standard InChI is InChI=1S/C12H16N2O3/c15-12(16)10-3-4-13-11(6-10)14-7-9-2-1-5-17-8-9/h3-4,6,9H,1-2,5,7-8H2,(H,13,14)(H,15,16). The molecule has 92 valence electrons. The van der Waals surface area contributed by atoms with Gasteiger partial charge < -0.3 is 15.2 Å². The van der Waals surface area contributed by atoms with E-state index in [1.807, 2.05) is 0 Å². The second-order valence-electron chi connectivity index (χ2n) is 4.20. The van der Waals surface area contributed by atoms with Crippen LogP contribution >= 0.6 is 0 Å². The average Bonchev–Trinajstić information content (AvgIpc) is 2.38. The molecule has 2 rings (SSSR count). The molecule has 5 nitrogen and oxygen atoms in total. The number of anilines is 1. The highest BCUT2D eigenvalue weighted by atomic mass is 16.5. The molecule has 0 bridgehead atoms. The van der Waals surface area contributed by atoms with Gasteiger partial charge in [0, 0.05) is 19.3 Å². The number of carboxylic acids is 1. The molecule has 0 radical (unpaired) electrons. The van der Waals surface area contributed by atoms with Crippen molar-refractivity contribution in [3.8, 4) is 0 Å². The molecule has 1 unspecified atom stereocenters. The Kier molecular flexibility index (Phi) is 3.93. The predicted molar refractivity (Wildman–Crippen MR) is 63.2 cm³/mol. The Bertz CT molecular complexity index is 389. The smallest absolute Gasteiger partial charge is 0.335 e. The zero-order chi connectivity index (χ0) is 12.1. The summed E-state index contributed by atoms with van der Waals surface area (Å²) in [4.78, 5) is 14.9. The van der Waals surface area contributed by atoms with E-state index in [0.717, 1.165) is 32.6 Å². The normalized spacial score (nSPS) is 19.9. The molecule has 1 saturated heterocycles. The van der Waals surface area contributed by atoms with Crippen LogP contribution in [0.15, 0.2) is 18.3 Å². The quantitative estimate of drug-likeness (QED) is 0.831. The minimum atomic E-state index is -0.934. The fourth-order valence-corrected chi connectivity index (χ4v) is 1.88. The first-order valence-corrected chi connectivity index (χ1v) is 5.76. The van der Waals surface area contributed by atoms with Crippen molar-refractivity contribution in [3.63, 3.8) is 0 Å². The Morgan fingerprint density at radius 1 is 1.65 bits per heavy atom. The van der Waals surface area contributed by atoms with Gasteiger partial charge in [0.15, 0.2) is 0 Å². The summed E-state index contributed by atoms with van der Waals surface area (Å²) in [5.74, 6) is 0.158.